The van der Waals surface area contributed by atoms with Gasteiger partial charge in [0.15, 0.2) is 11.5 Å². The number of hydrogen-bond donors (Lipinski definition) is 0. The lowest BCUT2D eigenvalue weighted by Gasteiger charge is -2.15. The van der Waals surface area contributed by atoms with Crippen molar-refractivity contribution in [3.8, 4) is 28.4 Å². The largest absolute Gasteiger partial charge is 0.491 e. The topological polar surface area (TPSA) is 57.9 Å². The van der Waals surface area contributed by atoms with Gasteiger partial charge in [-0.2, -0.15) is 0 Å². The molecule has 0 spiro atoms. The molecule has 28 heavy (non-hydrogen) atoms. The predicted molar refractivity (Wildman–Crippen MR) is 109 cm³/mol. The Balaban J connectivity index is 1.94. The molecule has 1 aromatic heterocycles. The van der Waals surface area contributed by atoms with Crippen molar-refractivity contribution in [2.75, 3.05) is 6.79 Å². The van der Waals surface area contributed by atoms with Crippen LogP contribution in [0.2, 0.25) is 0 Å². The molecule has 1 aliphatic heterocycles. The molecule has 0 N–H and O–H groups in total. The van der Waals surface area contributed by atoms with Crippen molar-refractivity contribution >= 4 is 11.0 Å². The van der Waals surface area contributed by atoms with Crippen molar-refractivity contribution < 1.29 is 18.6 Å². The summed E-state index contributed by atoms with van der Waals surface area (Å²) in [4.78, 5) is 13.4. The van der Waals surface area contributed by atoms with E-state index in [1.165, 1.54) is 0 Å². The number of ether oxygens (including phenoxy) is 3. The lowest BCUT2D eigenvalue weighted by atomic mass is 9.99. The predicted octanol–water partition coefficient (Wildman–Crippen LogP) is 5.10. The zero-order chi connectivity index (χ0) is 19.8. The summed E-state index contributed by atoms with van der Waals surface area (Å²) in [5.74, 6) is 2.76. The van der Waals surface area contributed by atoms with Crippen LogP contribution in [0.4, 0.5) is 0 Å². The van der Waals surface area contributed by atoms with Gasteiger partial charge in [0.05, 0.1) is 17.1 Å². The van der Waals surface area contributed by atoms with E-state index in [0.29, 0.717) is 40.2 Å². The molecule has 2 heterocycles. The van der Waals surface area contributed by atoms with E-state index in [9.17, 15) is 4.79 Å². The van der Waals surface area contributed by atoms with E-state index in [2.05, 4.69) is 6.92 Å². The van der Waals surface area contributed by atoms with Crippen LogP contribution in [0, 0.1) is 0 Å². The molecule has 146 valence electrons. The van der Waals surface area contributed by atoms with Gasteiger partial charge < -0.3 is 18.6 Å². The fourth-order valence-electron chi connectivity index (χ4n) is 3.55. The Kier molecular flexibility index (Phi) is 4.75. The van der Waals surface area contributed by atoms with E-state index in [0.717, 1.165) is 23.3 Å². The second-order valence-electron chi connectivity index (χ2n) is 7.13. The van der Waals surface area contributed by atoms with Crippen molar-refractivity contribution in [2.24, 2.45) is 0 Å². The second-order valence-corrected chi connectivity index (χ2v) is 7.13. The van der Waals surface area contributed by atoms with Gasteiger partial charge in [-0.15, -0.1) is 0 Å². The summed E-state index contributed by atoms with van der Waals surface area (Å²) in [5.41, 5.74) is 2.86. The van der Waals surface area contributed by atoms with Gasteiger partial charge in [-0.05, 0) is 49.6 Å². The lowest BCUT2D eigenvalue weighted by Crippen LogP contribution is -2.11. The molecule has 0 fully saturated rings. The van der Waals surface area contributed by atoms with Gasteiger partial charge in [-0.25, -0.2) is 0 Å². The SMILES string of the molecule is CCc1cc2c(=O)c(-c3ccc4c(c3)OCO4)c(CC)oc2cc1OC(C)C. The first kappa shape index (κ1) is 18.4. The molecule has 0 saturated carbocycles. The maximum absolute atomic E-state index is 13.4. The third-order valence-electron chi connectivity index (χ3n) is 4.87. The van der Waals surface area contributed by atoms with Crippen LogP contribution in [-0.4, -0.2) is 12.9 Å². The van der Waals surface area contributed by atoms with Crippen LogP contribution in [0.15, 0.2) is 39.5 Å². The first-order valence-corrected chi connectivity index (χ1v) is 9.71. The Morgan fingerprint density at radius 2 is 1.82 bits per heavy atom. The summed E-state index contributed by atoms with van der Waals surface area (Å²) in [5, 5.41) is 0.567. The number of hydrogen-bond acceptors (Lipinski definition) is 5. The molecule has 5 nitrogen and oxygen atoms in total. The number of aryl methyl sites for hydroxylation is 2. The van der Waals surface area contributed by atoms with E-state index < -0.39 is 0 Å². The van der Waals surface area contributed by atoms with E-state index in [-0.39, 0.29) is 18.3 Å². The van der Waals surface area contributed by atoms with Crippen LogP contribution in [0.3, 0.4) is 0 Å². The number of fused-ring (bicyclic) bond motifs is 2. The molecule has 0 radical (unpaired) electrons. The first-order chi connectivity index (χ1) is 13.5. The Bertz CT molecular complexity index is 1090. The van der Waals surface area contributed by atoms with Gasteiger partial charge in [0, 0.05) is 12.5 Å². The normalized spacial score (nSPS) is 12.8. The molecule has 1 aliphatic rings. The average molecular weight is 380 g/mol. The Labute approximate surface area is 163 Å². The lowest BCUT2D eigenvalue weighted by molar-refractivity contribution is 0.174. The van der Waals surface area contributed by atoms with Gasteiger partial charge >= 0.3 is 0 Å². The zero-order valence-electron chi connectivity index (χ0n) is 16.6. The minimum atomic E-state index is -0.0391. The van der Waals surface area contributed by atoms with Crippen molar-refractivity contribution in [3.63, 3.8) is 0 Å². The van der Waals surface area contributed by atoms with Crippen LogP contribution < -0.4 is 19.6 Å². The zero-order valence-corrected chi connectivity index (χ0v) is 16.6. The molecule has 0 bridgehead atoms. The third-order valence-corrected chi connectivity index (χ3v) is 4.87. The van der Waals surface area contributed by atoms with Gasteiger partial charge in [-0.3, -0.25) is 4.79 Å². The molecule has 0 saturated heterocycles. The van der Waals surface area contributed by atoms with Crippen LogP contribution in [-0.2, 0) is 12.8 Å². The molecule has 0 atom stereocenters. The van der Waals surface area contributed by atoms with Crippen LogP contribution in [0.25, 0.3) is 22.1 Å². The maximum atomic E-state index is 13.4. The highest BCUT2D eigenvalue weighted by Gasteiger charge is 2.20. The molecular formula is C23H24O5. The Hall–Kier alpha value is -2.95. The summed E-state index contributed by atoms with van der Waals surface area (Å²) < 4.78 is 23.0. The summed E-state index contributed by atoms with van der Waals surface area (Å²) in [6.07, 6.45) is 1.42. The van der Waals surface area contributed by atoms with Crippen LogP contribution >= 0.6 is 0 Å². The fourth-order valence-corrected chi connectivity index (χ4v) is 3.55. The van der Waals surface area contributed by atoms with E-state index in [4.69, 9.17) is 18.6 Å². The maximum Gasteiger partial charge on any atom is 0.231 e. The third kappa shape index (κ3) is 3.11. The van der Waals surface area contributed by atoms with Crippen LogP contribution in [0.1, 0.15) is 39.0 Å². The highest BCUT2D eigenvalue weighted by atomic mass is 16.7. The highest BCUT2D eigenvalue weighted by Crippen LogP contribution is 2.37. The average Bonchev–Trinajstić information content (AvgIpc) is 3.14. The van der Waals surface area contributed by atoms with Gasteiger partial charge in [0.2, 0.25) is 12.2 Å². The standard InChI is InChI=1S/C23H24O5/c1-5-14-9-16-20(11-19(14)27-13(3)4)28-17(6-2)22(23(16)24)15-7-8-18-21(10-15)26-12-25-18/h7-11,13H,5-6,12H2,1-4H3. The van der Waals surface area contributed by atoms with Crippen molar-refractivity contribution in [1.82, 2.24) is 0 Å². The van der Waals surface area contributed by atoms with Crippen LogP contribution in [0.5, 0.6) is 17.2 Å². The van der Waals surface area contributed by atoms with Gasteiger partial charge in [0.25, 0.3) is 0 Å². The summed E-state index contributed by atoms with van der Waals surface area (Å²) in [7, 11) is 0. The first-order valence-electron chi connectivity index (χ1n) is 9.71. The van der Waals surface area contributed by atoms with Crippen molar-refractivity contribution in [1.29, 1.82) is 0 Å². The summed E-state index contributed by atoms with van der Waals surface area (Å²) in [6, 6.07) is 9.29. The van der Waals surface area contributed by atoms with Crippen molar-refractivity contribution in [3.05, 3.63) is 51.9 Å². The molecule has 4 rings (SSSR count). The molecular weight excluding hydrogens is 356 g/mol. The van der Waals surface area contributed by atoms with Crippen molar-refractivity contribution in [2.45, 2.75) is 46.6 Å². The quantitative estimate of drug-likeness (QED) is 0.616. The molecule has 2 aromatic carbocycles. The molecule has 0 unspecified atom stereocenters. The van der Waals surface area contributed by atoms with E-state index in [1.807, 2.05) is 51.1 Å². The van der Waals surface area contributed by atoms with Gasteiger partial charge in [0.1, 0.15) is 17.1 Å². The van der Waals surface area contributed by atoms with E-state index in [1.54, 1.807) is 0 Å². The fraction of sp³-hybridized carbons (Fsp3) is 0.348. The minimum Gasteiger partial charge on any atom is -0.491 e. The summed E-state index contributed by atoms with van der Waals surface area (Å²) >= 11 is 0. The Morgan fingerprint density at radius 1 is 1.04 bits per heavy atom. The van der Waals surface area contributed by atoms with E-state index >= 15 is 0 Å². The Morgan fingerprint density at radius 3 is 2.54 bits per heavy atom. The second kappa shape index (κ2) is 7.23. The molecule has 0 aliphatic carbocycles. The smallest absolute Gasteiger partial charge is 0.231 e. The van der Waals surface area contributed by atoms with Gasteiger partial charge in [-0.1, -0.05) is 19.9 Å². The minimum absolute atomic E-state index is 0.0391. The molecule has 5 heteroatoms. The monoisotopic (exact) mass is 380 g/mol. The highest BCUT2D eigenvalue weighted by molar-refractivity contribution is 5.85. The molecule has 3 aromatic rings. The number of benzene rings is 2. The molecule has 0 amide bonds. The number of rotatable bonds is 5. The summed E-state index contributed by atoms with van der Waals surface area (Å²) in [6.45, 7) is 8.20.